The monoisotopic (exact) mass is 351 g/mol. The number of rotatable bonds is 4. The first kappa shape index (κ1) is 13.6. The van der Waals surface area contributed by atoms with E-state index in [0.717, 1.165) is 0 Å². The lowest BCUT2D eigenvalue weighted by molar-refractivity contribution is 0.0770. The van der Waals surface area contributed by atoms with Gasteiger partial charge in [0.25, 0.3) is 5.91 Å². The van der Waals surface area contributed by atoms with E-state index in [1.165, 1.54) is 12.1 Å². The van der Waals surface area contributed by atoms with Crippen LogP contribution in [0.2, 0.25) is 0 Å². The van der Waals surface area contributed by atoms with Crippen LogP contribution in [0.25, 0.3) is 0 Å². The molecule has 0 unspecified atom stereocenters. The number of amides is 1. The molecular formula is C11H12Br2FNO. The molecule has 0 spiro atoms. The van der Waals surface area contributed by atoms with Crippen LogP contribution in [0, 0.1) is 5.82 Å². The summed E-state index contributed by atoms with van der Waals surface area (Å²) < 4.78 is 14.2. The molecule has 88 valence electrons. The van der Waals surface area contributed by atoms with Crippen LogP contribution < -0.4 is 0 Å². The van der Waals surface area contributed by atoms with E-state index in [1.807, 2.05) is 6.92 Å². The Hall–Kier alpha value is -0.420. The Morgan fingerprint density at radius 3 is 2.69 bits per heavy atom. The third-order valence-corrected chi connectivity index (χ3v) is 3.03. The van der Waals surface area contributed by atoms with Gasteiger partial charge in [-0.25, -0.2) is 4.39 Å². The van der Waals surface area contributed by atoms with Crippen molar-refractivity contribution in [1.82, 2.24) is 4.90 Å². The molecule has 2 nitrogen and oxygen atoms in total. The highest BCUT2D eigenvalue weighted by Gasteiger charge is 2.17. The zero-order chi connectivity index (χ0) is 12.1. The van der Waals surface area contributed by atoms with E-state index in [0.29, 0.717) is 22.9 Å². The van der Waals surface area contributed by atoms with Gasteiger partial charge in [0.2, 0.25) is 0 Å². The number of benzene rings is 1. The van der Waals surface area contributed by atoms with Crippen LogP contribution >= 0.6 is 31.9 Å². The zero-order valence-corrected chi connectivity index (χ0v) is 12.0. The standard InChI is InChI=1S/C11H12Br2FNO/c1-2-15(6-5-12)11(16)9-4-3-8(13)7-10(9)14/h3-4,7H,2,5-6H2,1H3. The number of carbonyl (C=O) groups is 1. The Kier molecular flexibility index (Phi) is 5.41. The Morgan fingerprint density at radius 1 is 1.50 bits per heavy atom. The molecule has 0 aliphatic carbocycles. The molecule has 0 aliphatic heterocycles. The molecule has 0 bridgehead atoms. The highest BCUT2D eigenvalue weighted by atomic mass is 79.9. The first-order chi connectivity index (χ1) is 7.60. The number of hydrogen-bond acceptors (Lipinski definition) is 1. The molecule has 0 aliphatic rings. The van der Waals surface area contributed by atoms with Crippen molar-refractivity contribution in [1.29, 1.82) is 0 Å². The van der Waals surface area contributed by atoms with Crippen LogP contribution in [-0.4, -0.2) is 29.2 Å². The fourth-order valence-corrected chi connectivity index (χ4v) is 2.10. The van der Waals surface area contributed by atoms with Crippen LogP contribution in [0.5, 0.6) is 0 Å². The number of carbonyl (C=O) groups excluding carboxylic acids is 1. The molecule has 0 saturated heterocycles. The average Bonchev–Trinajstić information content (AvgIpc) is 2.25. The summed E-state index contributed by atoms with van der Waals surface area (Å²) in [6, 6.07) is 4.46. The Labute approximate surface area is 111 Å². The van der Waals surface area contributed by atoms with Gasteiger partial charge in [-0.3, -0.25) is 4.79 Å². The van der Waals surface area contributed by atoms with Crippen LogP contribution in [0.15, 0.2) is 22.7 Å². The molecule has 0 atom stereocenters. The van der Waals surface area contributed by atoms with E-state index in [1.54, 1.807) is 11.0 Å². The largest absolute Gasteiger partial charge is 0.338 e. The summed E-state index contributed by atoms with van der Waals surface area (Å²) in [5.74, 6) is -0.764. The maximum absolute atomic E-state index is 13.5. The summed E-state index contributed by atoms with van der Waals surface area (Å²) in [6.45, 7) is 3.02. The lowest BCUT2D eigenvalue weighted by atomic mass is 10.2. The molecule has 16 heavy (non-hydrogen) atoms. The highest BCUT2D eigenvalue weighted by Crippen LogP contribution is 2.16. The maximum atomic E-state index is 13.5. The maximum Gasteiger partial charge on any atom is 0.256 e. The first-order valence-electron chi connectivity index (χ1n) is 4.90. The van der Waals surface area contributed by atoms with E-state index in [2.05, 4.69) is 31.9 Å². The minimum absolute atomic E-state index is 0.117. The number of hydrogen-bond donors (Lipinski definition) is 0. The molecule has 1 rings (SSSR count). The minimum Gasteiger partial charge on any atom is -0.338 e. The number of halogens is 3. The van der Waals surface area contributed by atoms with Gasteiger partial charge in [0.15, 0.2) is 0 Å². The van der Waals surface area contributed by atoms with Crippen molar-refractivity contribution >= 4 is 37.8 Å². The highest BCUT2D eigenvalue weighted by molar-refractivity contribution is 9.10. The fraction of sp³-hybridized carbons (Fsp3) is 0.364. The lowest BCUT2D eigenvalue weighted by Crippen LogP contribution is -2.33. The van der Waals surface area contributed by atoms with E-state index in [4.69, 9.17) is 0 Å². The summed E-state index contributed by atoms with van der Waals surface area (Å²) in [4.78, 5) is 13.5. The topological polar surface area (TPSA) is 20.3 Å². The van der Waals surface area contributed by atoms with Crippen LogP contribution in [0.3, 0.4) is 0 Å². The van der Waals surface area contributed by atoms with Gasteiger partial charge in [-0.15, -0.1) is 0 Å². The van der Waals surface area contributed by atoms with Crippen molar-refractivity contribution < 1.29 is 9.18 Å². The number of alkyl halides is 1. The lowest BCUT2D eigenvalue weighted by Gasteiger charge is -2.19. The second kappa shape index (κ2) is 6.35. The molecule has 1 aromatic rings. The van der Waals surface area contributed by atoms with Gasteiger partial charge in [0.1, 0.15) is 5.82 Å². The molecule has 5 heteroatoms. The third-order valence-electron chi connectivity index (χ3n) is 2.18. The van der Waals surface area contributed by atoms with Crippen LogP contribution in [-0.2, 0) is 0 Å². The van der Waals surface area contributed by atoms with Crippen LogP contribution in [0.4, 0.5) is 4.39 Å². The molecule has 0 fully saturated rings. The fourth-order valence-electron chi connectivity index (χ4n) is 1.34. The third kappa shape index (κ3) is 3.28. The Morgan fingerprint density at radius 2 is 2.19 bits per heavy atom. The van der Waals surface area contributed by atoms with Crippen molar-refractivity contribution in [2.45, 2.75) is 6.92 Å². The van der Waals surface area contributed by atoms with Crippen molar-refractivity contribution in [2.75, 3.05) is 18.4 Å². The number of nitrogens with zero attached hydrogens (tertiary/aromatic N) is 1. The Balaban J connectivity index is 2.94. The van der Waals surface area contributed by atoms with E-state index in [-0.39, 0.29) is 11.5 Å². The van der Waals surface area contributed by atoms with Gasteiger partial charge in [0, 0.05) is 22.9 Å². The second-order valence-electron chi connectivity index (χ2n) is 3.20. The predicted octanol–water partition coefficient (Wildman–Crippen LogP) is 3.45. The summed E-state index contributed by atoms with van der Waals surface area (Å²) in [6.07, 6.45) is 0. The normalized spacial score (nSPS) is 10.2. The first-order valence-corrected chi connectivity index (χ1v) is 6.82. The molecule has 0 saturated carbocycles. The van der Waals surface area contributed by atoms with E-state index >= 15 is 0 Å². The molecule has 0 heterocycles. The molecule has 0 aromatic heterocycles. The summed E-state index contributed by atoms with van der Waals surface area (Å²) >= 11 is 6.42. The predicted molar refractivity (Wildman–Crippen MR) is 69.5 cm³/mol. The van der Waals surface area contributed by atoms with Gasteiger partial charge in [-0.2, -0.15) is 0 Å². The SMILES string of the molecule is CCN(CCBr)C(=O)c1ccc(Br)cc1F. The van der Waals surface area contributed by atoms with E-state index in [9.17, 15) is 9.18 Å². The molecule has 0 radical (unpaired) electrons. The summed E-state index contributed by atoms with van der Waals surface area (Å²) in [5.41, 5.74) is 0.117. The van der Waals surface area contributed by atoms with Gasteiger partial charge in [0.05, 0.1) is 5.56 Å². The zero-order valence-electron chi connectivity index (χ0n) is 8.84. The van der Waals surface area contributed by atoms with Gasteiger partial charge >= 0.3 is 0 Å². The van der Waals surface area contributed by atoms with Crippen molar-refractivity contribution in [3.05, 3.63) is 34.1 Å². The van der Waals surface area contributed by atoms with Crippen molar-refractivity contribution in [3.63, 3.8) is 0 Å². The van der Waals surface area contributed by atoms with Crippen molar-refractivity contribution in [3.8, 4) is 0 Å². The molecule has 1 amide bonds. The van der Waals surface area contributed by atoms with Crippen molar-refractivity contribution in [2.24, 2.45) is 0 Å². The Bertz CT molecular complexity index is 384. The van der Waals surface area contributed by atoms with Gasteiger partial charge < -0.3 is 4.90 Å². The van der Waals surface area contributed by atoms with E-state index < -0.39 is 5.82 Å². The van der Waals surface area contributed by atoms with Crippen LogP contribution in [0.1, 0.15) is 17.3 Å². The summed E-state index contributed by atoms with van der Waals surface area (Å²) in [5, 5.41) is 0.685. The minimum atomic E-state index is -0.493. The average molecular weight is 353 g/mol. The molecule has 0 N–H and O–H groups in total. The molecular weight excluding hydrogens is 341 g/mol. The van der Waals surface area contributed by atoms with Gasteiger partial charge in [-0.1, -0.05) is 31.9 Å². The molecule has 1 aromatic carbocycles. The smallest absolute Gasteiger partial charge is 0.256 e. The summed E-state index contributed by atoms with van der Waals surface area (Å²) in [7, 11) is 0. The second-order valence-corrected chi connectivity index (χ2v) is 4.91. The van der Waals surface area contributed by atoms with Gasteiger partial charge in [-0.05, 0) is 25.1 Å². The quantitative estimate of drug-likeness (QED) is 0.760.